The molecule has 0 aliphatic heterocycles. The molecule has 1 atom stereocenters. The number of benzene rings is 2. The summed E-state index contributed by atoms with van der Waals surface area (Å²) >= 11 is 6.07. The minimum absolute atomic E-state index is 0.0954. The number of carbonyl (C=O) groups excluding carboxylic acids is 1. The van der Waals surface area contributed by atoms with Crippen molar-refractivity contribution in [2.24, 2.45) is 0 Å². The molecule has 3 aromatic rings. The van der Waals surface area contributed by atoms with E-state index >= 15 is 0 Å². The van der Waals surface area contributed by atoms with Gasteiger partial charge in [0.25, 0.3) is 5.91 Å². The van der Waals surface area contributed by atoms with E-state index in [2.05, 4.69) is 0 Å². The van der Waals surface area contributed by atoms with Crippen LogP contribution in [0.25, 0.3) is 10.9 Å². The van der Waals surface area contributed by atoms with Crippen LogP contribution in [-0.4, -0.2) is 46.1 Å². The first-order valence-corrected chi connectivity index (χ1v) is 10.4. The van der Waals surface area contributed by atoms with Crippen molar-refractivity contribution in [3.63, 3.8) is 0 Å². The van der Waals surface area contributed by atoms with Gasteiger partial charge >= 0.3 is 5.97 Å². The fourth-order valence-corrected chi connectivity index (χ4v) is 4.45. The van der Waals surface area contributed by atoms with Gasteiger partial charge in [0.05, 0.1) is 5.02 Å². The zero-order valence-electron chi connectivity index (χ0n) is 17.0. The Morgan fingerprint density at radius 2 is 2.06 bits per heavy atom. The monoisotopic (exact) mass is 444 g/mol. The van der Waals surface area contributed by atoms with Gasteiger partial charge in [-0.2, -0.15) is 0 Å². The Hall–Kier alpha value is -3.06. The molecule has 2 aromatic carbocycles. The second-order valence-corrected chi connectivity index (χ2v) is 8.09. The van der Waals surface area contributed by atoms with Gasteiger partial charge in [-0.05, 0) is 55.2 Å². The molecule has 0 bridgehead atoms. The van der Waals surface area contributed by atoms with Crippen LogP contribution in [0.2, 0.25) is 5.02 Å². The Balaban J connectivity index is 1.54. The average Bonchev–Trinajstić information content (AvgIpc) is 3.04. The number of likely N-dealkylation sites (N-methyl/N-ethyl adjacent to an activating group) is 1. The van der Waals surface area contributed by atoms with Crippen LogP contribution < -0.4 is 4.74 Å². The third-order valence-electron chi connectivity index (χ3n) is 5.83. The smallest absolute Gasteiger partial charge is 0.323 e. The van der Waals surface area contributed by atoms with Crippen molar-refractivity contribution in [2.75, 3.05) is 13.7 Å². The molecule has 0 saturated heterocycles. The molecule has 1 amide bonds. The van der Waals surface area contributed by atoms with E-state index in [1.807, 2.05) is 0 Å². The molecule has 1 aromatic heterocycles. The highest BCUT2D eigenvalue weighted by atomic mass is 35.5. The molecule has 0 unspecified atom stereocenters. The van der Waals surface area contributed by atoms with E-state index < -0.39 is 5.97 Å². The lowest BCUT2D eigenvalue weighted by Gasteiger charge is -2.32. The van der Waals surface area contributed by atoms with E-state index in [-0.39, 0.29) is 30.9 Å². The Morgan fingerprint density at radius 3 is 2.81 bits per heavy atom. The second-order valence-electron chi connectivity index (χ2n) is 7.69. The third-order valence-corrected chi connectivity index (χ3v) is 6.14. The first kappa shape index (κ1) is 21.2. The number of carboxylic acids is 1. The lowest BCUT2D eigenvalue weighted by Crippen LogP contribution is -2.43. The van der Waals surface area contributed by atoms with Crippen LogP contribution in [-0.2, 0) is 29.0 Å². The number of carboxylic acid groups (broad SMARTS) is 1. The van der Waals surface area contributed by atoms with E-state index in [1.165, 1.54) is 12.1 Å². The Kier molecular flexibility index (Phi) is 5.87. The predicted octanol–water partition coefficient (Wildman–Crippen LogP) is 3.91. The first-order chi connectivity index (χ1) is 14.8. The molecule has 31 heavy (non-hydrogen) atoms. The van der Waals surface area contributed by atoms with Crippen molar-refractivity contribution < 1.29 is 23.8 Å². The molecule has 0 radical (unpaired) electrons. The van der Waals surface area contributed by atoms with Gasteiger partial charge in [-0.1, -0.05) is 23.7 Å². The first-order valence-electron chi connectivity index (χ1n) is 9.99. The molecular formula is C23H22ClFN2O4. The van der Waals surface area contributed by atoms with Gasteiger partial charge in [0.1, 0.15) is 18.1 Å². The lowest BCUT2D eigenvalue weighted by atomic mass is 9.90. The standard InChI is InChI=1S/C23H22ClFN2O4/c1-26(22(28)13-31-21-5-3-2-4-18(21)24)15-7-9-20-17(11-15)16-10-14(25)6-8-19(16)27(20)12-23(29)30/h2-6,8,10,15H,7,9,11-13H2,1H3,(H,29,30)/t15-/m0/s1. The molecule has 0 fully saturated rings. The van der Waals surface area contributed by atoms with Crippen LogP contribution in [0, 0.1) is 5.82 Å². The van der Waals surface area contributed by atoms with Crippen LogP contribution in [0.4, 0.5) is 4.39 Å². The number of amides is 1. The number of halogens is 2. The number of hydrogen-bond donors (Lipinski definition) is 1. The van der Waals surface area contributed by atoms with E-state index in [1.54, 1.807) is 46.8 Å². The molecule has 0 spiro atoms. The fraction of sp³-hybridized carbons (Fsp3) is 0.304. The number of carbonyl (C=O) groups is 2. The minimum atomic E-state index is -0.949. The summed E-state index contributed by atoms with van der Waals surface area (Å²) in [4.78, 5) is 25.7. The van der Waals surface area contributed by atoms with E-state index in [9.17, 15) is 19.1 Å². The maximum atomic E-state index is 13.9. The topological polar surface area (TPSA) is 71.8 Å². The number of rotatable bonds is 6. The molecule has 1 heterocycles. The van der Waals surface area contributed by atoms with Gasteiger partial charge < -0.3 is 19.3 Å². The summed E-state index contributed by atoms with van der Waals surface area (Å²) < 4.78 is 21.3. The van der Waals surface area contributed by atoms with Crippen LogP contribution in [0.1, 0.15) is 17.7 Å². The quantitative estimate of drug-likeness (QED) is 0.625. The summed E-state index contributed by atoms with van der Waals surface area (Å²) in [6.45, 7) is -0.318. The van der Waals surface area contributed by atoms with Gasteiger partial charge in [-0.3, -0.25) is 9.59 Å². The zero-order valence-corrected chi connectivity index (χ0v) is 17.7. The summed E-state index contributed by atoms with van der Waals surface area (Å²) in [6, 6.07) is 11.3. The van der Waals surface area contributed by atoms with Crippen LogP contribution >= 0.6 is 11.6 Å². The molecule has 1 aliphatic rings. The Morgan fingerprint density at radius 1 is 1.29 bits per heavy atom. The number of hydrogen-bond acceptors (Lipinski definition) is 3. The number of aliphatic carboxylic acids is 1. The zero-order chi connectivity index (χ0) is 22.1. The third kappa shape index (κ3) is 4.23. The molecule has 1 N–H and O–H groups in total. The van der Waals surface area contributed by atoms with Gasteiger partial charge in [-0.25, -0.2) is 4.39 Å². The predicted molar refractivity (Wildman–Crippen MR) is 115 cm³/mol. The molecule has 8 heteroatoms. The normalized spacial score (nSPS) is 15.5. The van der Waals surface area contributed by atoms with Crippen LogP contribution in [0.15, 0.2) is 42.5 Å². The maximum Gasteiger partial charge on any atom is 0.323 e. The highest BCUT2D eigenvalue weighted by Gasteiger charge is 2.30. The summed E-state index contributed by atoms with van der Waals surface area (Å²) in [6.07, 6.45) is 1.81. The van der Waals surface area contributed by atoms with Crippen LogP contribution in [0.5, 0.6) is 5.75 Å². The maximum absolute atomic E-state index is 13.9. The second kappa shape index (κ2) is 8.59. The van der Waals surface area contributed by atoms with Gasteiger partial charge in [0.15, 0.2) is 6.61 Å². The fourth-order valence-electron chi connectivity index (χ4n) is 4.26. The molecule has 1 aliphatic carbocycles. The number of ether oxygens (including phenoxy) is 1. The van der Waals surface area contributed by atoms with Crippen molar-refractivity contribution in [3.8, 4) is 5.75 Å². The van der Waals surface area contributed by atoms with Gasteiger partial charge in [0.2, 0.25) is 0 Å². The number of nitrogens with zero attached hydrogens (tertiary/aromatic N) is 2. The highest BCUT2D eigenvalue weighted by molar-refractivity contribution is 6.32. The van der Waals surface area contributed by atoms with Gasteiger partial charge in [0, 0.05) is 29.7 Å². The lowest BCUT2D eigenvalue weighted by molar-refractivity contribution is -0.137. The van der Waals surface area contributed by atoms with E-state index in [0.29, 0.717) is 40.9 Å². The van der Waals surface area contributed by atoms with Crippen molar-refractivity contribution in [3.05, 3.63) is 64.6 Å². The van der Waals surface area contributed by atoms with Crippen molar-refractivity contribution in [2.45, 2.75) is 31.8 Å². The Labute approximate surface area is 183 Å². The average molecular weight is 445 g/mol. The molecular weight excluding hydrogens is 423 g/mol. The highest BCUT2D eigenvalue weighted by Crippen LogP contribution is 2.34. The van der Waals surface area contributed by atoms with Gasteiger partial charge in [-0.15, -0.1) is 0 Å². The van der Waals surface area contributed by atoms with Crippen LogP contribution in [0.3, 0.4) is 0 Å². The molecule has 6 nitrogen and oxygen atoms in total. The number of fused-ring (bicyclic) bond motifs is 3. The molecule has 4 rings (SSSR count). The largest absolute Gasteiger partial charge is 0.482 e. The number of aromatic nitrogens is 1. The van der Waals surface area contributed by atoms with E-state index in [0.717, 1.165) is 11.3 Å². The summed E-state index contributed by atoms with van der Waals surface area (Å²) in [5.41, 5.74) is 2.50. The minimum Gasteiger partial charge on any atom is -0.482 e. The summed E-state index contributed by atoms with van der Waals surface area (Å²) in [5.74, 6) is -1.06. The molecule has 162 valence electrons. The SMILES string of the molecule is CN(C(=O)COc1ccccc1Cl)[C@H]1CCc2c(c3cc(F)ccc3n2CC(=O)O)C1. The Bertz CT molecular complexity index is 1160. The van der Waals surface area contributed by atoms with Crippen molar-refractivity contribution in [1.29, 1.82) is 0 Å². The van der Waals surface area contributed by atoms with Crippen molar-refractivity contribution >= 4 is 34.4 Å². The van der Waals surface area contributed by atoms with E-state index in [4.69, 9.17) is 16.3 Å². The summed E-state index contributed by atoms with van der Waals surface area (Å²) in [5, 5.41) is 10.5. The molecule has 0 saturated carbocycles. The van der Waals surface area contributed by atoms with Crippen molar-refractivity contribution in [1.82, 2.24) is 9.47 Å². The summed E-state index contributed by atoms with van der Waals surface area (Å²) in [7, 11) is 1.73. The number of para-hydroxylation sites is 1.